The van der Waals surface area contributed by atoms with E-state index in [4.69, 9.17) is 5.10 Å². The normalized spacial score (nSPS) is 15.7. The van der Waals surface area contributed by atoms with E-state index in [2.05, 4.69) is 22.9 Å². The molecular formula is C18H20N4OS. The van der Waals surface area contributed by atoms with E-state index in [1.165, 1.54) is 19.3 Å². The van der Waals surface area contributed by atoms with Crippen LogP contribution in [0.25, 0.3) is 10.9 Å². The molecule has 0 spiro atoms. The number of hydrogen-bond acceptors (Lipinski definition) is 4. The number of H-pyrrole nitrogens is 1. The molecule has 1 aliphatic rings. The first-order valence-electron chi connectivity index (χ1n) is 8.38. The zero-order chi connectivity index (χ0) is 16.5. The Morgan fingerprint density at radius 2 is 1.88 bits per heavy atom. The highest BCUT2D eigenvalue weighted by atomic mass is 32.1. The summed E-state index contributed by atoms with van der Waals surface area (Å²) in [6, 6.07) is 10.0. The number of aromatic nitrogens is 3. The molecule has 4 rings (SSSR count). The lowest BCUT2D eigenvalue weighted by Gasteiger charge is -2.22. The van der Waals surface area contributed by atoms with Gasteiger partial charge in [-0.15, -0.1) is 12.6 Å². The van der Waals surface area contributed by atoms with Crippen molar-refractivity contribution in [1.29, 1.82) is 0 Å². The van der Waals surface area contributed by atoms with Crippen molar-refractivity contribution in [1.82, 2.24) is 14.8 Å². The van der Waals surface area contributed by atoms with Crippen LogP contribution in [-0.4, -0.2) is 14.8 Å². The molecule has 2 aromatic heterocycles. The smallest absolute Gasteiger partial charge is 0.261 e. The second-order valence-corrected chi connectivity index (χ2v) is 6.84. The summed E-state index contributed by atoms with van der Waals surface area (Å²) in [6.45, 7) is 0. The van der Waals surface area contributed by atoms with Gasteiger partial charge in [0.1, 0.15) is 5.39 Å². The van der Waals surface area contributed by atoms with E-state index in [0.29, 0.717) is 17.2 Å². The maximum Gasteiger partial charge on any atom is 0.261 e. The van der Waals surface area contributed by atoms with Crippen molar-refractivity contribution in [2.24, 2.45) is 0 Å². The molecule has 0 amide bonds. The van der Waals surface area contributed by atoms with E-state index >= 15 is 0 Å². The second-order valence-electron chi connectivity index (χ2n) is 6.32. The molecule has 6 heteroatoms. The van der Waals surface area contributed by atoms with Crippen molar-refractivity contribution in [2.45, 2.75) is 43.0 Å². The standard InChI is InChI=1S/C18H20N4OS/c23-18-16-15(10-11-19-18)22(13-4-2-1-3-5-13)21-17(16)20-12-6-8-14(24)9-7-12/h6-11,13,24H,1-5H2,(H,19,23)(H,20,21). The molecule has 5 nitrogen and oxygen atoms in total. The number of thiol groups is 1. The van der Waals surface area contributed by atoms with Crippen molar-refractivity contribution in [2.75, 3.05) is 5.32 Å². The largest absolute Gasteiger partial charge is 0.338 e. The molecular weight excluding hydrogens is 320 g/mol. The summed E-state index contributed by atoms with van der Waals surface area (Å²) in [4.78, 5) is 16.0. The molecule has 1 saturated carbocycles. The molecule has 1 aromatic carbocycles. The lowest BCUT2D eigenvalue weighted by Crippen LogP contribution is -2.14. The SMILES string of the molecule is O=c1[nH]ccc2c1c(Nc1ccc(S)cc1)nn2C1CCCCC1. The summed E-state index contributed by atoms with van der Waals surface area (Å²) >= 11 is 4.30. The molecule has 0 saturated heterocycles. The topological polar surface area (TPSA) is 62.7 Å². The number of rotatable bonds is 3. The van der Waals surface area contributed by atoms with Gasteiger partial charge >= 0.3 is 0 Å². The average molecular weight is 340 g/mol. The minimum atomic E-state index is -0.108. The number of nitrogens with one attached hydrogen (secondary N) is 2. The monoisotopic (exact) mass is 340 g/mol. The van der Waals surface area contributed by atoms with Crippen LogP contribution in [-0.2, 0) is 0 Å². The van der Waals surface area contributed by atoms with E-state index in [0.717, 1.165) is 28.9 Å². The minimum Gasteiger partial charge on any atom is -0.338 e. The lowest BCUT2D eigenvalue weighted by atomic mass is 9.95. The van der Waals surface area contributed by atoms with Crippen LogP contribution in [0.2, 0.25) is 0 Å². The molecule has 0 bridgehead atoms. The van der Waals surface area contributed by atoms with Crippen molar-refractivity contribution in [3.05, 3.63) is 46.9 Å². The number of fused-ring (bicyclic) bond motifs is 1. The quantitative estimate of drug-likeness (QED) is 0.624. The van der Waals surface area contributed by atoms with E-state index in [9.17, 15) is 4.79 Å². The third kappa shape index (κ3) is 2.82. The Balaban J connectivity index is 1.79. The highest BCUT2D eigenvalue weighted by molar-refractivity contribution is 7.80. The van der Waals surface area contributed by atoms with Gasteiger partial charge in [-0.25, -0.2) is 0 Å². The Morgan fingerprint density at radius 3 is 2.62 bits per heavy atom. The van der Waals surface area contributed by atoms with E-state index < -0.39 is 0 Å². The molecule has 1 aliphatic carbocycles. The van der Waals surface area contributed by atoms with Gasteiger partial charge in [0.2, 0.25) is 0 Å². The summed E-state index contributed by atoms with van der Waals surface area (Å²) in [7, 11) is 0. The maximum atomic E-state index is 12.4. The van der Waals surface area contributed by atoms with Gasteiger partial charge in [0.05, 0.1) is 11.6 Å². The Bertz CT molecular complexity index is 907. The van der Waals surface area contributed by atoms with Crippen LogP contribution in [0.1, 0.15) is 38.1 Å². The molecule has 24 heavy (non-hydrogen) atoms. The van der Waals surface area contributed by atoms with Gasteiger partial charge < -0.3 is 10.3 Å². The van der Waals surface area contributed by atoms with Crippen LogP contribution in [0.4, 0.5) is 11.5 Å². The molecule has 124 valence electrons. The Kier molecular flexibility index (Phi) is 4.06. The highest BCUT2D eigenvalue weighted by Crippen LogP contribution is 2.32. The molecule has 0 aliphatic heterocycles. The number of anilines is 2. The third-order valence-electron chi connectivity index (χ3n) is 4.68. The number of aromatic amines is 1. The predicted octanol–water partition coefficient (Wildman–Crippen LogP) is 4.26. The fourth-order valence-electron chi connectivity index (χ4n) is 3.47. The van der Waals surface area contributed by atoms with Gasteiger partial charge in [-0.1, -0.05) is 19.3 Å². The highest BCUT2D eigenvalue weighted by Gasteiger charge is 2.21. The molecule has 2 N–H and O–H groups in total. The Labute approximate surface area is 145 Å². The number of hydrogen-bond donors (Lipinski definition) is 3. The molecule has 0 atom stereocenters. The van der Waals surface area contributed by atoms with E-state index in [-0.39, 0.29) is 5.56 Å². The first kappa shape index (κ1) is 15.3. The molecule has 0 radical (unpaired) electrons. The zero-order valence-electron chi connectivity index (χ0n) is 13.3. The van der Waals surface area contributed by atoms with Crippen LogP contribution < -0.4 is 10.9 Å². The van der Waals surface area contributed by atoms with Crippen LogP contribution >= 0.6 is 12.6 Å². The maximum absolute atomic E-state index is 12.4. The predicted molar refractivity (Wildman–Crippen MR) is 99.5 cm³/mol. The number of benzene rings is 1. The molecule has 2 heterocycles. The van der Waals surface area contributed by atoms with Gasteiger partial charge in [0, 0.05) is 16.8 Å². The van der Waals surface area contributed by atoms with Crippen molar-refractivity contribution >= 4 is 35.0 Å². The third-order valence-corrected chi connectivity index (χ3v) is 4.98. The van der Waals surface area contributed by atoms with Gasteiger partial charge in [-0.3, -0.25) is 9.48 Å². The summed E-state index contributed by atoms with van der Waals surface area (Å²) in [5, 5.41) is 8.67. The first-order chi connectivity index (χ1) is 11.7. The van der Waals surface area contributed by atoms with E-state index in [1.807, 2.05) is 35.0 Å². The Morgan fingerprint density at radius 1 is 1.12 bits per heavy atom. The lowest BCUT2D eigenvalue weighted by molar-refractivity contribution is 0.338. The summed E-state index contributed by atoms with van der Waals surface area (Å²) < 4.78 is 2.04. The number of pyridine rings is 1. The minimum absolute atomic E-state index is 0.108. The average Bonchev–Trinajstić information content (AvgIpc) is 2.98. The van der Waals surface area contributed by atoms with Crippen molar-refractivity contribution in [3.63, 3.8) is 0 Å². The number of nitrogens with zero attached hydrogens (tertiary/aromatic N) is 2. The van der Waals surface area contributed by atoms with Crippen LogP contribution in [0, 0.1) is 0 Å². The first-order valence-corrected chi connectivity index (χ1v) is 8.83. The van der Waals surface area contributed by atoms with Gasteiger partial charge in [0.15, 0.2) is 5.82 Å². The summed E-state index contributed by atoms with van der Waals surface area (Å²) in [5.41, 5.74) is 1.69. The summed E-state index contributed by atoms with van der Waals surface area (Å²) in [6.07, 6.45) is 7.68. The second kappa shape index (κ2) is 6.36. The fourth-order valence-corrected chi connectivity index (χ4v) is 3.62. The van der Waals surface area contributed by atoms with Crippen LogP contribution in [0.5, 0.6) is 0 Å². The van der Waals surface area contributed by atoms with Gasteiger partial charge in [0.25, 0.3) is 5.56 Å². The van der Waals surface area contributed by atoms with Crippen LogP contribution in [0.15, 0.2) is 46.2 Å². The van der Waals surface area contributed by atoms with E-state index in [1.54, 1.807) is 6.20 Å². The van der Waals surface area contributed by atoms with Crippen LogP contribution in [0.3, 0.4) is 0 Å². The molecule has 3 aromatic rings. The molecule has 0 unspecified atom stereocenters. The van der Waals surface area contributed by atoms with Crippen molar-refractivity contribution in [3.8, 4) is 0 Å². The zero-order valence-corrected chi connectivity index (χ0v) is 14.2. The summed E-state index contributed by atoms with van der Waals surface area (Å²) in [5.74, 6) is 0.615. The van der Waals surface area contributed by atoms with Gasteiger partial charge in [-0.05, 0) is 43.2 Å². The van der Waals surface area contributed by atoms with Crippen molar-refractivity contribution < 1.29 is 0 Å². The Hall–Kier alpha value is -2.21. The fraction of sp³-hybridized carbons (Fsp3) is 0.333. The molecule has 1 fully saturated rings. The van der Waals surface area contributed by atoms with Gasteiger partial charge in [-0.2, -0.15) is 5.10 Å².